The molecule has 0 bridgehead atoms. The van der Waals surface area contributed by atoms with E-state index >= 15 is 0 Å². The zero-order valence-corrected chi connectivity index (χ0v) is 77.9. The molecule has 4 aromatic carbocycles. The second kappa shape index (κ2) is 42.9. The van der Waals surface area contributed by atoms with E-state index < -0.39 is 85.5 Å². The lowest BCUT2D eigenvalue weighted by molar-refractivity contribution is 0.240. The van der Waals surface area contributed by atoms with Crippen LogP contribution in [0.5, 0.6) is 17.6 Å². The van der Waals surface area contributed by atoms with E-state index in [9.17, 15) is 62.0 Å². The maximum absolute atomic E-state index is 14.8. The second-order valence-electron chi connectivity index (χ2n) is 33.3. The summed E-state index contributed by atoms with van der Waals surface area (Å²) in [4.78, 5) is 89.7. The van der Waals surface area contributed by atoms with Crippen molar-refractivity contribution in [3.8, 4) is 62.1 Å². The largest absolute Gasteiger partial charge is 0.481 e. The molecule has 33 nitrogen and oxygen atoms in total. The van der Waals surface area contributed by atoms with E-state index in [0.29, 0.717) is 140 Å². The fourth-order valence-electron chi connectivity index (χ4n) is 18.0. The molecule has 8 N–H and O–H groups in total. The van der Waals surface area contributed by atoms with Gasteiger partial charge in [0, 0.05) is 77.3 Å². The van der Waals surface area contributed by atoms with Crippen LogP contribution in [0.2, 0.25) is 0 Å². The highest BCUT2D eigenvalue weighted by atomic mass is 32.2. The van der Waals surface area contributed by atoms with Crippen LogP contribution < -0.4 is 59.9 Å². The molecule has 3 saturated heterocycles. The van der Waals surface area contributed by atoms with Crippen molar-refractivity contribution < 1.29 is 71.5 Å². The van der Waals surface area contributed by atoms with Gasteiger partial charge in [-0.3, -0.25) is 4.79 Å². The van der Waals surface area contributed by atoms with Gasteiger partial charge in [0.1, 0.15) is 12.0 Å². The first-order valence-electron chi connectivity index (χ1n) is 44.2. The Hall–Kier alpha value is -12.0. The first-order chi connectivity index (χ1) is 62.8. The number of nitrogens with one attached hydrogen (secondary N) is 8. The standard InChI is InChI=1S/C24H26N4O5S.C23H29FN4O4S.C23H27N5O3S.C23H30N4O4S/c1-15(2)28-12-10-18(14-22(28)29)34(31,32)27-24(30)26-23-19-6-4-5-16(19)7-8-20(23)17-9-11-25-21(13-17)33-3;1-3-28-11-8-16(9-12-28)33(30,31)27-23(29)26-22-18-6-4-5-17(18)20(24)14-19(22)15-7-10-25-21(13-15)32-2;1-3-28-13-10-18(11-14-28)32(30,31)27-23(29)26-22-19-6-4-5-16(19)7-8-20(22)17-9-12-25-21(15-17)24-2;1-3-27-13-10-18(11-14-27)32(29,30)26-23(28)25-22-19-6-4-5-16(19)7-8-20(22)17-9-12-24-21(15-17)31-2/h7-15H,4-6H2,1-3H3,(H2,26,27,30);7,10,13-14,16H,3-6,8-9,11-12H2,1-2H3,(H2,26,27,29);7-9,12,15,18H,3-6,10-11,13-14H2,1H3,(H2,26,27,29);7-9,12,15,18H,3-6,10-11,13-14H2,1-2H3,(H2,25,26,28). The molecule has 3 fully saturated rings. The molecule has 0 spiro atoms. The third-order valence-corrected chi connectivity index (χ3v) is 31.9. The van der Waals surface area contributed by atoms with Crippen LogP contribution in [0.15, 0.2) is 144 Å². The van der Waals surface area contributed by atoms with E-state index in [-0.39, 0.29) is 22.6 Å². The molecule has 0 atom stereocenters. The highest BCUT2D eigenvalue weighted by Gasteiger charge is 2.37. The lowest BCUT2D eigenvalue weighted by Crippen LogP contribution is -2.46. The SMILES string of the molecule is CCN1CCC(S(=O)(=O)NC(=O)Nc2c(-c3ccnc(OC)c3)cc(F)c3c2CCC3)CC1.CCN1CCC(S(=O)(=O)NC(=O)Nc2c(-c3ccnc(OC)c3)ccc3c2CCC3)CC1.COc1cc(-c2ccc3c(c2NC(=O)NS(=O)(=O)c2ccn(C(C)C)c(=O)c2)CCC3)ccn1.[C-]#[N+]c1cc(-c2ccc3c(c2NC(=O)NS(=O)(=O)C2CCN(CC)CC2)CCC3)ccn1. The van der Waals surface area contributed by atoms with Crippen LogP contribution in [0.4, 0.5) is 52.1 Å². The van der Waals surface area contributed by atoms with E-state index in [1.54, 1.807) is 68.2 Å². The molecule has 696 valence electrons. The van der Waals surface area contributed by atoms with Crippen LogP contribution in [-0.4, -0.2) is 193 Å². The molecule has 3 aliphatic heterocycles. The van der Waals surface area contributed by atoms with Crippen molar-refractivity contribution in [3.63, 3.8) is 0 Å². The van der Waals surface area contributed by atoms with Gasteiger partial charge < -0.3 is 59.6 Å². The van der Waals surface area contributed by atoms with Crippen molar-refractivity contribution in [1.82, 2.24) is 58.1 Å². The van der Waals surface area contributed by atoms with Gasteiger partial charge in [0.25, 0.3) is 21.4 Å². The first-order valence-corrected chi connectivity index (χ1v) is 50.3. The quantitative estimate of drug-likeness (QED) is 0.0276. The summed E-state index contributed by atoms with van der Waals surface area (Å²) in [7, 11) is -11.1. The van der Waals surface area contributed by atoms with Crippen LogP contribution in [0.25, 0.3) is 49.4 Å². The highest BCUT2D eigenvalue weighted by molar-refractivity contribution is 7.91. The number of halogens is 1. The number of urea groups is 4. The van der Waals surface area contributed by atoms with E-state index in [4.69, 9.17) is 20.8 Å². The van der Waals surface area contributed by atoms with Crippen LogP contribution in [0.1, 0.15) is 149 Å². The summed E-state index contributed by atoms with van der Waals surface area (Å²) in [5, 5.41) is 9.41. The predicted molar refractivity (Wildman–Crippen MR) is 502 cm³/mol. The fraction of sp³-hybridized carbons (Fsp3) is 0.419. The molecular formula is C93H112FN17O16S4. The van der Waals surface area contributed by atoms with Crippen molar-refractivity contribution in [3.05, 3.63) is 206 Å². The van der Waals surface area contributed by atoms with Crippen LogP contribution in [-0.2, 0) is 91.5 Å². The number of piperidine rings is 3. The molecule has 16 rings (SSSR count). The lowest BCUT2D eigenvalue weighted by Gasteiger charge is -2.30. The zero-order valence-electron chi connectivity index (χ0n) is 74.7. The van der Waals surface area contributed by atoms with Crippen LogP contribution in [0.3, 0.4) is 0 Å². The Morgan fingerprint density at radius 1 is 0.427 bits per heavy atom. The van der Waals surface area contributed by atoms with E-state index in [1.165, 1.54) is 48.9 Å². The van der Waals surface area contributed by atoms with Gasteiger partial charge in [0.05, 0.1) is 64.7 Å². The second-order valence-corrected chi connectivity index (χ2v) is 40.8. The number of nitrogens with zero attached hydrogens (tertiary/aromatic N) is 9. The number of anilines is 4. The number of carbonyl (C=O) groups is 4. The minimum atomic E-state index is -4.25. The zero-order chi connectivity index (χ0) is 93.5. The summed E-state index contributed by atoms with van der Waals surface area (Å²) in [6.07, 6.45) is 20.8. The maximum atomic E-state index is 14.8. The molecule has 8 amide bonds. The molecule has 0 unspecified atom stereocenters. The minimum Gasteiger partial charge on any atom is -0.481 e. The number of fused-ring (bicyclic) bond motifs is 4. The monoisotopic (exact) mass is 1870 g/mol. The molecule has 131 heavy (non-hydrogen) atoms. The molecule has 0 radical (unpaired) electrons. The summed E-state index contributed by atoms with van der Waals surface area (Å²) in [6, 6.07) is 26.3. The number of pyridine rings is 5. The van der Waals surface area contributed by atoms with Gasteiger partial charge in [0.2, 0.25) is 47.7 Å². The van der Waals surface area contributed by atoms with Crippen molar-refractivity contribution in [2.24, 2.45) is 0 Å². The number of benzene rings is 4. The van der Waals surface area contributed by atoms with Gasteiger partial charge in [-0.15, -0.1) is 4.98 Å². The van der Waals surface area contributed by atoms with Crippen LogP contribution >= 0.6 is 0 Å². The average molecular weight is 1870 g/mol. The number of likely N-dealkylation sites (tertiary alicyclic amines) is 3. The number of hydrogen-bond acceptors (Lipinski definition) is 23. The average Bonchev–Trinajstić information content (AvgIpc) is 1.72. The third kappa shape index (κ3) is 23.5. The molecule has 0 saturated carbocycles. The summed E-state index contributed by atoms with van der Waals surface area (Å²) in [6.45, 7) is 23.9. The lowest BCUT2D eigenvalue weighted by atomic mass is 9.97. The van der Waals surface area contributed by atoms with Gasteiger partial charge in [-0.2, -0.15) is 0 Å². The maximum Gasteiger partial charge on any atom is 0.333 e. The predicted octanol–water partition coefficient (Wildman–Crippen LogP) is 13.7. The van der Waals surface area contributed by atoms with E-state index in [0.717, 1.165) is 164 Å². The van der Waals surface area contributed by atoms with Gasteiger partial charge in [-0.1, -0.05) is 63.7 Å². The normalized spacial score (nSPS) is 15.9. The molecule has 38 heteroatoms. The van der Waals surface area contributed by atoms with Crippen molar-refractivity contribution >= 4 is 92.8 Å². The molecule has 8 heterocycles. The summed E-state index contributed by atoms with van der Waals surface area (Å²) >= 11 is 0. The number of rotatable bonds is 23. The Kier molecular flexibility index (Phi) is 31.6. The molecule has 5 aromatic heterocycles. The van der Waals surface area contributed by atoms with Crippen molar-refractivity contribution in [2.75, 3.05) is 101 Å². The van der Waals surface area contributed by atoms with E-state index in [2.05, 4.69) is 94.8 Å². The molecular weight excluding hydrogens is 1760 g/mol. The third-order valence-electron chi connectivity index (χ3n) is 25.1. The summed E-state index contributed by atoms with van der Waals surface area (Å²) in [5.41, 5.74) is 15.3. The van der Waals surface area contributed by atoms with Crippen molar-refractivity contribution in [1.29, 1.82) is 0 Å². The van der Waals surface area contributed by atoms with Gasteiger partial charge in [0.15, 0.2) is 0 Å². The first kappa shape index (κ1) is 96.6. The van der Waals surface area contributed by atoms with Gasteiger partial charge >= 0.3 is 24.1 Å². The number of ether oxygens (including phenoxy) is 3. The molecule has 4 aliphatic carbocycles. The number of aromatic nitrogens is 5. The fourth-order valence-corrected chi connectivity index (χ4v) is 22.8. The summed E-state index contributed by atoms with van der Waals surface area (Å²) in [5.74, 6) is 1.17. The smallest absolute Gasteiger partial charge is 0.333 e. The van der Waals surface area contributed by atoms with Gasteiger partial charge in [-0.05, 0) is 298 Å². The van der Waals surface area contributed by atoms with Crippen LogP contribution in [0, 0.1) is 12.4 Å². The highest BCUT2D eigenvalue weighted by Crippen LogP contribution is 2.44. The number of amides is 8. The van der Waals surface area contributed by atoms with Crippen molar-refractivity contribution in [2.45, 2.75) is 177 Å². The topological polar surface area (TPSA) is 416 Å². The Labute approximate surface area is 764 Å². The Morgan fingerprint density at radius 3 is 1.11 bits per heavy atom. The molecule has 7 aliphatic rings. The number of hydrogen-bond donors (Lipinski definition) is 8. The Balaban J connectivity index is 0.000000149. The molecule has 9 aromatic rings. The number of sulfonamides is 4. The number of methoxy groups -OCH3 is 3. The minimum absolute atomic E-state index is 0.120. The van der Waals surface area contributed by atoms with Gasteiger partial charge in [-0.25, -0.2) is 91.1 Å². The van der Waals surface area contributed by atoms with E-state index in [1.807, 2.05) is 61.9 Å². The summed E-state index contributed by atoms with van der Waals surface area (Å²) < 4.78 is 143. The number of aryl methyl sites for hydroxylation is 3. The number of carbonyl (C=O) groups excluding carboxylic acids is 4. The Bertz CT molecular complexity index is 6330. The Morgan fingerprint density at radius 2 is 0.756 bits per heavy atom.